The summed E-state index contributed by atoms with van der Waals surface area (Å²) >= 11 is 12.1. The van der Waals surface area contributed by atoms with E-state index >= 15 is 0 Å². The smallest absolute Gasteiger partial charge is 0.272 e. The van der Waals surface area contributed by atoms with Crippen LogP contribution in [0.3, 0.4) is 0 Å². The number of nitrogens with zero attached hydrogens (tertiary/aromatic N) is 2. The fourth-order valence-corrected chi connectivity index (χ4v) is 3.80. The highest BCUT2D eigenvalue weighted by Gasteiger charge is 2.31. The highest BCUT2D eigenvalue weighted by Crippen LogP contribution is 2.27. The summed E-state index contributed by atoms with van der Waals surface area (Å²) in [6.45, 7) is 4.04. The number of carbonyl (C=O) groups is 2. The summed E-state index contributed by atoms with van der Waals surface area (Å²) in [7, 11) is 1.70. The summed E-state index contributed by atoms with van der Waals surface area (Å²) in [5.41, 5.74) is 3.32. The van der Waals surface area contributed by atoms with Gasteiger partial charge in [-0.3, -0.25) is 14.6 Å². The number of fused-ring (bicyclic) bond motifs is 1. The Morgan fingerprint density at radius 3 is 2.62 bits per heavy atom. The van der Waals surface area contributed by atoms with Crippen LogP contribution in [0.1, 0.15) is 31.4 Å². The number of nitrogens with one attached hydrogen (secondary N) is 1. The van der Waals surface area contributed by atoms with Crippen LogP contribution in [0, 0.1) is 5.92 Å². The van der Waals surface area contributed by atoms with Crippen molar-refractivity contribution in [1.82, 2.24) is 5.32 Å². The third kappa shape index (κ3) is 4.80. The molecular formula is C22H23Cl2N3O2. The Labute approximate surface area is 180 Å². The first-order chi connectivity index (χ1) is 13.8. The number of benzene rings is 2. The molecule has 2 aromatic carbocycles. The lowest BCUT2D eigenvalue weighted by atomic mass is 9.98. The van der Waals surface area contributed by atoms with E-state index in [1.165, 1.54) is 0 Å². The number of aryl methyl sites for hydroxylation is 1. The highest BCUT2D eigenvalue weighted by molar-refractivity contribution is 6.35. The minimum absolute atomic E-state index is 0.0997. The minimum atomic E-state index is -0.960. The van der Waals surface area contributed by atoms with Crippen molar-refractivity contribution in [3.8, 4) is 0 Å². The van der Waals surface area contributed by atoms with Crippen molar-refractivity contribution in [2.24, 2.45) is 10.9 Å². The largest absolute Gasteiger partial charge is 0.327 e. The Kier molecular flexibility index (Phi) is 6.60. The predicted molar refractivity (Wildman–Crippen MR) is 118 cm³/mol. The first-order valence-corrected chi connectivity index (χ1v) is 10.2. The quantitative estimate of drug-likeness (QED) is 0.757. The van der Waals surface area contributed by atoms with Crippen LogP contribution in [-0.2, 0) is 16.0 Å². The Bertz CT molecular complexity index is 972. The van der Waals surface area contributed by atoms with Crippen molar-refractivity contribution >= 4 is 46.4 Å². The van der Waals surface area contributed by atoms with Crippen molar-refractivity contribution in [2.75, 3.05) is 11.9 Å². The van der Waals surface area contributed by atoms with Gasteiger partial charge in [0.1, 0.15) is 0 Å². The predicted octanol–water partition coefficient (Wildman–Crippen LogP) is 4.49. The third-order valence-corrected chi connectivity index (χ3v) is 5.44. The third-order valence-electron chi connectivity index (χ3n) is 4.86. The number of anilines is 1. The summed E-state index contributed by atoms with van der Waals surface area (Å²) in [5, 5.41) is 3.84. The first kappa shape index (κ1) is 21.3. The fraction of sp³-hybridized carbons (Fsp3) is 0.318. The van der Waals surface area contributed by atoms with Gasteiger partial charge < -0.3 is 10.2 Å². The maximum absolute atomic E-state index is 12.9. The van der Waals surface area contributed by atoms with E-state index in [2.05, 4.69) is 10.3 Å². The maximum Gasteiger partial charge on any atom is 0.272 e. The number of aliphatic imine (C=N–C) groups is 1. The van der Waals surface area contributed by atoms with E-state index in [-0.39, 0.29) is 24.2 Å². The van der Waals surface area contributed by atoms with Crippen molar-refractivity contribution in [2.45, 2.75) is 32.9 Å². The molecule has 29 heavy (non-hydrogen) atoms. The number of amides is 2. The molecule has 1 atom stereocenters. The maximum atomic E-state index is 12.9. The van der Waals surface area contributed by atoms with Crippen LogP contribution in [0.4, 0.5) is 5.69 Å². The molecule has 7 heteroatoms. The van der Waals surface area contributed by atoms with Crippen LogP contribution < -0.4 is 10.2 Å². The molecule has 5 nitrogen and oxygen atoms in total. The van der Waals surface area contributed by atoms with Gasteiger partial charge in [0.2, 0.25) is 12.1 Å². The van der Waals surface area contributed by atoms with E-state index in [9.17, 15) is 9.59 Å². The van der Waals surface area contributed by atoms with Gasteiger partial charge in [-0.25, -0.2) is 0 Å². The van der Waals surface area contributed by atoms with Crippen LogP contribution >= 0.6 is 23.2 Å². The van der Waals surface area contributed by atoms with Crippen LogP contribution in [-0.4, -0.2) is 30.7 Å². The van der Waals surface area contributed by atoms with Crippen molar-refractivity contribution in [1.29, 1.82) is 0 Å². The average Bonchev–Trinajstić information content (AvgIpc) is 2.78. The summed E-state index contributed by atoms with van der Waals surface area (Å²) in [5.74, 6) is -0.436. The molecule has 152 valence electrons. The molecule has 2 amide bonds. The lowest BCUT2D eigenvalue weighted by molar-refractivity contribution is -0.127. The van der Waals surface area contributed by atoms with Gasteiger partial charge in [0.25, 0.3) is 5.91 Å². The number of hydrogen-bond donors (Lipinski definition) is 1. The molecule has 3 rings (SSSR count). The van der Waals surface area contributed by atoms with E-state index in [0.29, 0.717) is 16.5 Å². The second kappa shape index (κ2) is 8.97. The number of halogens is 2. The molecule has 0 aliphatic carbocycles. The van der Waals surface area contributed by atoms with Gasteiger partial charge in [-0.2, -0.15) is 0 Å². The number of benzodiazepines with no additional fused rings is 1. The average molecular weight is 432 g/mol. The molecule has 1 aliphatic rings. The SMILES string of the molecule is CC(C)C1=NC(NC(=O)CCc2ccc(Cl)cc2Cl)C(=O)N(C)c2ccccc21. The van der Waals surface area contributed by atoms with E-state index in [1.807, 2.05) is 38.1 Å². The lowest BCUT2D eigenvalue weighted by Gasteiger charge is -2.21. The number of likely N-dealkylation sites (N-methyl/N-ethyl adjacent to an activating group) is 1. The van der Waals surface area contributed by atoms with Crippen LogP contribution in [0.25, 0.3) is 0 Å². The van der Waals surface area contributed by atoms with E-state index in [0.717, 1.165) is 22.5 Å². The molecule has 0 spiro atoms. The summed E-state index contributed by atoms with van der Waals surface area (Å²) in [6, 6.07) is 12.8. The molecule has 0 aromatic heterocycles. The number of rotatable bonds is 5. The minimum Gasteiger partial charge on any atom is -0.327 e. The molecule has 0 fully saturated rings. The molecule has 0 saturated carbocycles. The normalized spacial score (nSPS) is 16.3. The Morgan fingerprint density at radius 1 is 1.21 bits per heavy atom. The van der Waals surface area contributed by atoms with Gasteiger partial charge >= 0.3 is 0 Å². The monoisotopic (exact) mass is 431 g/mol. The number of hydrogen-bond acceptors (Lipinski definition) is 3. The Morgan fingerprint density at radius 2 is 1.93 bits per heavy atom. The molecule has 1 aliphatic heterocycles. The van der Waals surface area contributed by atoms with Crippen molar-refractivity contribution < 1.29 is 9.59 Å². The highest BCUT2D eigenvalue weighted by atomic mass is 35.5. The molecular weight excluding hydrogens is 409 g/mol. The molecule has 0 radical (unpaired) electrons. The van der Waals surface area contributed by atoms with E-state index in [1.54, 1.807) is 30.1 Å². The van der Waals surface area contributed by atoms with E-state index in [4.69, 9.17) is 23.2 Å². The molecule has 0 saturated heterocycles. The molecule has 1 heterocycles. The number of carbonyl (C=O) groups excluding carboxylic acids is 2. The second-order valence-electron chi connectivity index (χ2n) is 7.29. The zero-order valence-corrected chi connectivity index (χ0v) is 18.1. The van der Waals surface area contributed by atoms with Gasteiger partial charge in [-0.15, -0.1) is 0 Å². The standard InChI is InChI=1S/C22H23Cl2N3O2/c1-13(2)20-16-6-4-5-7-18(16)27(3)22(29)21(26-20)25-19(28)11-9-14-8-10-15(23)12-17(14)24/h4-8,10,12-13,21H,9,11H2,1-3H3,(H,25,28). The number of para-hydroxylation sites is 1. The van der Waals surface area contributed by atoms with Gasteiger partial charge in [0.15, 0.2) is 0 Å². The summed E-state index contributed by atoms with van der Waals surface area (Å²) in [4.78, 5) is 31.7. The molecule has 2 aromatic rings. The lowest BCUT2D eigenvalue weighted by Crippen LogP contribution is -2.46. The topological polar surface area (TPSA) is 61.8 Å². The summed E-state index contributed by atoms with van der Waals surface area (Å²) < 4.78 is 0. The Hall–Kier alpha value is -2.37. The zero-order chi connectivity index (χ0) is 21.1. The Balaban J connectivity index is 1.78. The van der Waals surface area contributed by atoms with Crippen LogP contribution in [0.2, 0.25) is 10.0 Å². The van der Waals surface area contributed by atoms with Gasteiger partial charge in [-0.05, 0) is 36.1 Å². The molecule has 1 N–H and O–H groups in total. The van der Waals surface area contributed by atoms with Crippen LogP contribution in [0.15, 0.2) is 47.5 Å². The molecule has 1 unspecified atom stereocenters. The van der Waals surface area contributed by atoms with Crippen molar-refractivity contribution in [3.05, 3.63) is 63.6 Å². The summed E-state index contributed by atoms with van der Waals surface area (Å²) in [6.07, 6.45) is -0.327. The van der Waals surface area contributed by atoms with Gasteiger partial charge in [0.05, 0.1) is 5.69 Å². The van der Waals surface area contributed by atoms with E-state index < -0.39 is 6.17 Å². The van der Waals surface area contributed by atoms with Gasteiger partial charge in [-0.1, -0.05) is 61.3 Å². The molecule has 0 bridgehead atoms. The van der Waals surface area contributed by atoms with Gasteiger partial charge in [0, 0.05) is 34.8 Å². The van der Waals surface area contributed by atoms with Crippen LogP contribution in [0.5, 0.6) is 0 Å². The zero-order valence-electron chi connectivity index (χ0n) is 16.6. The fourth-order valence-electron chi connectivity index (χ4n) is 3.30. The van der Waals surface area contributed by atoms with Crippen molar-refractivity contribution in [3.63, 3.8) is 0 Å². The second-order valence-corrected chi connectivity index (χ2v) is 8.13. The first-order valence-electron chi connectivity index (χ1n) is 9.46.